The van der Waals surface area contributed by atoms with Gasteiger partial charge in [0.2, 0.25) is 0 Å². The van der Waals surface area contributed by atoms with Crippen molar-refractivity contribution in [2.24, 2.45) is 0 Å². The highest BCUT2D eigenvalue weighted by atomic mass is 16.1. The van der Waals surface area contributed by atoms with Crippen molar-refractivity contribution in [2.75, 3.05) is 25.9 Å². The quantitative estimate of drug-likeness (QED) is 0.873. The summed E-state index contributed by atoms with van der Waals surface area (Å²) in [5.74, 6) is 0.344. The van der Waals surface area contributed by atoms with E-state index in [1.807, 2.05) is 13.0 Å². The molecule has 2 rings (SSSR count). The first-order valence-corrected chi connectivity index (χ1v) is 7.35. The van der Waals surface area contributed by atoms with Gasteiger partial charge in [0.15, 0.2) is 0 Å². The molecule has 0 aromatic carbocycles. The molecule has 0 saturated carbocycles. The summed E-state index contributed by atoms with van der Waals surface area (Å²) < 4.78 is 0. The highest BCUT2D eigenvalue weighted by Gasteiger charge is 2.19. The van der Waals surface area contributed by atoms with E-state index in [-0.39, 0.29) is 5.91 Å². The third-order valence-electron chi connectivity index (χ3n) is 3.94. The van der Waals surface area contributed by atoms with Gasteiger partial charge in [-0.1, -0.05) is 13.3 Å². The van der Waals surface area contributed by atoms with Gasteiger partial charge in [0.25, 0.3) is 5.91 Å². The molecule has 2 heterocycles. The zero-order valence-corrected chi connectivity index (χ0v) is 12.4. The maximum atomic E-state index is 12.2. The zero-order chi connectivity index (χ0) is 14.5. The number of hydrogen-bond donors (Lipinski definition) is 2. The van der Waals surface area contributed by atoms with Crippen LogP contribution in [0.4, 0.5) is 5.82 Å². The number of aromatic nitrogens is 1. The Bertz CT molecular complexity index is 475. The fraction of sp³-hybridized carbons (Fsp3) is 0.600. The van der Waals surface area contributed by atoms with Crippen molar-refractivity contribution in [3.8, 4) is 0 Å². The predicted molar refractivity (Wildman–Crippen MR) is 80.6 cm³/mol. The van der Waals surface area contributed by atoms with Gasteiger partial charge in [-0.25, -0.2) is 4.98 Å². The highest BCUT2D eigenvalue weighted by molar-refractivity contribution is 5.94. The number of aryl methyl sites for hydroxylation is 1. The van der Waals surface area contributed by atoms with E-state index in [1.54, 1.807) is 6.07 Å². The standard InChI is InChI=1S/C15H24N4O/c1-3-12-8-11(9-14(16)18-12)15(20)17-10-13-6-4-5-7-19(13)2/h8-9,13H,3-7,10H2,1-2H3,(H2,16,18)(H,17,20). The number of nitrogens with two attached hydrogens (primary N) is 1. The van der Waals surface area contributed by atoms with E-state index < -0.39 is 0 Å². The van der Waals surface area contributed by atoms with Crippen LogP contribution in [0.1, 0.15) is 42.2 Å². The van der Waals surface area contributed by atoms with Gasteiger partial charge in [-0.3, -0.25) is 4.79 Å². The average molecular weight is 276 g/mol. The lowest BCUT2D eigenvalue weighted by Crippen LogP contribution is -2.44. The summed E-state index contributed by atoms with van der Waals surface area (Å²) in [5.41, 5.74) is 7.19. The molecular weight excluding hydrogens is 252 g/mol. The molecule has 5 heteroatoms. The molecule has 1 aliphatic heterocycles. The van der Waals surface area contributed by atoms with Gasteiger partial charge in [0.1, 0.15) is 5.82 Å². The lowest BCUT2D eigenvalue weighted by Gasteiger charge is -2.32. The number of likely N-dealkylation sites (N-methyl/N-ethyl adjacent to an activating group) is 1. The normalized spacial score (nSPS) is 19.8. The molecule has 1 aliphatic rings. The number of nitrogens with zero attached hydrogens (tertiary/aromatic N) is 2. The number of amides is 1. The Morgan fingerprint density at radius 3 is 3.00 bits per heavy atom. The van der Waals surface area contributed by atoms with Crippen molar-refractivity contribution < 1.29 is 4.79 Å². The number of carbonyl (C=O) groups excluding carboxylic acids is 1. The molecule has 1 saturated heterocycles. The second kappa shape index (κ2) is 6.70. The number of hydrogen-bond acceptors (Lipinski definition) is 4. The Morgan fingerprint density at radius 1 is 1.50 bits per heavy atom. The number of pyridine rings is 1. The lowest BCUT2D eigenvalue weighted by atomic mass is 10.0. The largest absolute Gasteiger partial charge is 0.384 e. The number of carbonyl (C=O) groups is 1. The van der Waals surface area contributed by atoms with E-state index in [2.05, 4.69) is 22.2 Å². The number of nitrogen functional groups attached to an aromatic ring is 1. The van der Waals surface area contributed by atoms with Crippen LogP contribution in [0, 0.1) is 0 Å². The Kier molecular flexibility index (Phi) is 4.95. The molecule has 0 spiro atoms. The van der Waals surface area contributed by atoms with Crippen molar-refractivity contribution in [2.45, 2.75) is 38.6 Å². The van der Waals surface area contributed by atoms with Crippen LogP contribution in [0.25, 0.3) is 0 Å². The van der Waals surface area contributed by atoms with Crippen LogP contribution >= 0.6 is 0 Å². The molecule has 1 aromatic heterocycles. The first-order valence-electron chi connectivity index (χ1n) is 7.35. The number of nitrogens with one attached hydrogen (secondary N) is 1. The molecule has 1 unspecified atom stereocenters. The summed E-state index contributed by atoms with van der Waals surface area (Å²) in [6, 6.07) is 3.90. The van der Waals surface area contributed by atoms with Crippen LogP contribution in [0.15, 0.2) is 12.1 Å². The molecule has 110 valence electrons. The van der Waals surface area contributed by atoms with Gasteiger partial charge < -0.3 is 16.0 Å². The van der Waals surface area contributed by atoms with Crippen molar-refractivity contribution in [3.63, 3.8) is 0 Å². The molecule has 0 bridgehead atoms. The summed E-state index contributed by atoms with van der Waals surface area (Å²) in [6.45, 7) is 3.81. The zero-order valence-electron chi connectivity index (χ0n) is 12.4. The second-order valence-corrected chi connectivity index (χ2v) is 5.47. The highest BCUT2D eigenvalue weighted by Crippen LogP contribution is 2.14. The maximum Gasteiger partial charge on any atom is 0.251 e. The van der Waals surface area contributed by atoms with Crippen molar-refractivity contribution in [1.29, 1.82) is 0 Å². The van der Waals surface area contributed by atoms with Gasteiger partial charge in [-0.2, -0.15) is 0 Å². The lowest BCUT2D eigenvalue weighted by molar-refractivity contribution is 0.0928. The first-order chi connectivity index (χ1) is 9.60. The van der Waals surface area contributed by atoms with E-state index in [0.29, 0.717) is 24.0 Å². The van der Waals surface area contributed by atoms with E-state index in [9.17, 15) is 4.79 Å². The van der Waals surface area contributed by atoms with Crippen LogP contribution in [0.2, 0.25) is 0 Å². The summed E-state index contributed by atoms with van der Waals surface area (Å²) in [4.78, 5) is 18.7. The van der Waals surface area contributed by atoms with Gasteiger partial charge in [0.05, 0.1) is 0 Å². The Hall–Kier alpha value is -1.62. The number of likely N-dealkylation sites (tertiary alicyclic amines) is 1. The van der Waals surface area contributed by atoms with Crippen molar-refractivity contribution in [3.05, 3.63) is 23.4 Å². The monoisotopic (exact) mass is 276 g/mol. The van der Waals surface area contributed by atoms with Crippen LogP contribution in [0.5, 0.6) is 0 Å². The molecule has 0 radical (unpaired) electrons. The number of anilines is 1. The fourth-order valence-corrected chi connectivity index (χ4v) is 2.64. The van der Waals surface area contributed by atoms with Crippen LogP contribution in [0.3, 0.4) is 0 Å². The fourth-order valence-electron chi connectivity index (χ4n) is 2.64. The minimum Gasteiger partial charge on any atom is -0.384 e. The SMILES string of the molecule is CCc1cc(C(=O)NCC2CCCCN2C)cc(N)n1. The topological polar surface area (TPSA) is 71.2 Å². The third-order valence-corrected chi connectivity index (χ3v) is 3.94. The molecule has 1 fully saturated rings. The molecule has 1 atom stereocenters. The molecule has 1 aromatic rings. The molecule has 3 N–H and O–H groups in total. The number of piperidine rings is 1. The van der Waals surface area contributed by atoms with Crippen molar-refractivity contribution in [1.82, 2.24) is 15.2 Å². The van der Waals surface area contributed by atoms with E-state index in [4.69, 9.17) is 5.73 Å². The van der Waals surface area contributed by atoms with E-state index >= 15 is 0 Å². The van der Waals surface area contributed by atoms with Gasteiger partial charge in [-0.15, -0.1) is 0 Å². The van der Waals surface area contributed by atoms with Crippen LogP contribution < -0.4 is 11.1 Å². The van der Waals surface area contributed by atoms with Gasteiger partial charge in [0, 0.05) is 23.8 Å². The minimum absolute atomic E-state index is 0.0622. The third kappa shape index (κ3) is 3.70. The summed E-state index contributed by atoms with van der Waals surface area (Å²) >= 11 is 0. The van der Waals surface area contributed by atoms with Crippen LogP contribution in [-0.4, -0.2) is 42.0 Å². The molecule has 5 nitrogen and oxygen atoms in total. The Morgan fingerprint density at radius 2 is 2.30 bits per heavy atom. The smallest absolute Gasteiger partial charge is 0.251 e. The predicted octanol–water partition coefficient (Wildman–Crippen LogP) is 1.44. The average Bonchev–Trinajstić information content (AvgIpc) is 2.45. The summed E-state index contributed by atoms with van der Waals surface area (Å²) in [5, 5.41) is 3.01. The summed E-state index contributed by atoms with van der Waals surface area (Å²) in [6.07, 6.45) is 4.42. The minimum atomic E-state index is -0.0622. The van der Waals surface area contributed by atoms with Gasteiger partial charge in [-0.05, 0) is 45.0 Å². The van der Waals surface area contributed by atoms with E-state index in [0.717, 1.165) is 25.1 Å². The first kappa shape index (κ1) is 14.8. The number of rotatable bonds is 4. The van der Waals surface area contributed by atoms with Crippen molar-refractivity contribution >= 4 is 11.7 Å². The van der Waals surface area contributed by atoms with E-state index in [1.165, 1.54) is 12.8 Å². The molecule has 1 amide bonds. The summed E-state index contributed by atoms with van der Waals surface area (Å²) in [7, 11) is 2.12. The van der Waals surface area contributed by atoms with Gasteiger partial charge >= 0.3 is 0 Å². The second-order valence-electron chi connectivity index (χ2n) is 5.47. The molecule has 20 heavy (non-hydrogen) atoms. The van der Waals surface area contributed by atoms with Crippen LogP contribution in [-0.2, 0) is 6.42 Å². The maximum absolute atomic E-state index is 12.2. The Labute approximate surface area is 120 Å². The Balaban J connectivity index is 1.96. The molecular formula is C15H24N4O. The molecule has 0 aliphatic carbocycles.